The van der Waals surface area contributed by atoms with Crippen LogP contribution in [-0.4, -0.2) is 101 Å². The fourth-order valence-corrected chi connectivity index (χ4v) is 7.12. The minimum Gasteiger partial charge on any atom is -0.756 e. The fourth-order valence-electron chi connectivity index (χ4n) is 5.11. The average molecular weight is 794 g/mol. The Hall–Kier alpha value is -5.46. The van der Waals surface area contributed by atoms with Gasteiger partial charge >= 0.3 is 13.5 Å². The SMILES string of the molecule is Cc1cc2nc3c(=O)[nH]c(=O)nc-3n(CC(O)C(O)C(O)COP(=O)([O-])OP(=O)(O)OCc3oc(-n4cnc5c(N)ncnc54)c(O)c3O)c2cc1C=O. The number of anilines is 1. The molecule has 3 aromatic heterocycles. The zero-order valence-electron chi connectivity index (χ0n) is 27.1. The Bertz CT molecular complexity index is 2600. The molecular weight excluding hydrogens is 768 g/mol. The molecule has 0 fully saturated rings. The molecule has 4 aromatic rings. The number of furan rings is 1. The van der Waals surface area contributed by atoms with Crippen molar-refractivity contribution in [1.29, 1.82) is 0 Å². The maximum atomic E-state index is 12.5. The second kappa shape index (κ2) is 14.4. The van der Waals surface area contributed by atoms with E-state index in [1.54, 1.807) is 6.92 Å². The largest absolute Gasteiger partial charge is 0.756 e. The first kappa shape index (κ1) is 38.3. The van der Waals surface area contributed by atoms with Crippen molar-refractivity contribution in [2.24, 2.45) is 0 Å². The second-order valence-electron chi connectivity index (χ2n) is 11.3. The minimum absolute atomic E-state index is 0.0220. The van der Waals surface area contributed by atoms with Crippen molar-refractivity contribution in [3.63, 3.8) is 0 Å². The smallest absolute Gasteiger partial charge is 0.479 e. The number of aromatic nitrogens is 8. The molecule has 1 aromatic carbocycles. The Kier molecular flexibility index (Phi) is 10.2. The van der Waals surface area contributed by atoms with Crippen LogP contribution in [0.4, 0.5) is 5.82 Å². The lowest BCUT2D eigenvalue weighted by Gasteiger charge is -2.28. The number of rotatable bonds is 14. The summed E-state index contributed by atoms with van der Waals surface area (Å²) < 4.78 is 45.3. The average Bonchev–Trinajstić information content (AvgIpc) is 3.66. The number of nitrogens with one attached hydrogen (secondary N) is 1. The third kappa shape index (κ3) is 7.49. The van der Waals surface area contributed by atoms with Gasteiger partial charge in [0.2, 0.25) is 11.5 Å². The predicted molar refractivity (Wildman–Crippen MR) is 175 cm³/mol. The van der Waals surface area contributed by atoms with Crippen LogP contribution in [0.5, 0.6) is 11.5 Å². The van der Waals surface area contributed by atoms with Crippen LogP contribution >= 0.6 is 15.6 Å². The number of fused-ring (bicyclic) bond motifs is 3. The number of phosphoric acid groups is 2. The zero-order valence-corrected chi connectivity index (χ0v) is 28.9. The lowest BCUT2D eigenvalue weighted by molar-refractivity contribution is -0.221. The highest BCUT2D eigenvalue weighted by Crippen LogP contribution is 2.59. The third-order valence-corrected chi connectivity index (χ3v) is 10.3. The fraction of sp³-hybridized carbons (Fsp3) is 0.259. The van der Waals surface area contributed by atoms with Gasteiger partial charge in [0, 0.05) is 5.56 Å². The van der Waals surface area contributed by atoms with Crippen molar-refractivity contribution in [3.05, 3.63) is 62.5 Å². The first-order valence-corrected chi connectivity index (χ1v) is 17.9. The number of phosphoric ester groups is 2. The van der Waals surface area contributed by atoms with Gasteiger partial charge in [-0.05, 0) is 24.6 Å². The van der Waals surface area contributed by atoms with E-state index in [4.69, 9.17) is 10.2 Å². The number of aliphatic hydroxyl groups excluding tert-OH is 3. The van der Waals surface area contributed by atoms with Crippen molar-refractivity contribution in [2.45, 2.75) is 38.4 Å². The Morgan fingerprint density at radius 1 is 1.07 bits per heavy atom. The van der Waals surface area contributed by atoms with Crippen molar-refractivity contribution in [1.82, 2.24) is 39.0 Å². The number of hydrogen-bond acceptors (Lipinski definition) is 21. The number of aldehydes is 1. The van der Waals surface area contributed by atoms with Crippen LogP contribution in [-0.2, 0) is 35.6 Å². The van der Waals surface area contributed by atoms with E-state index in [9.17, 15) is 58.8 Å². The van der Waals surface area contributed by atoms with Gasteiger partial charge < -0.3 is 54.6 Å². The maximum absolute atomic E-state index is 12.5. The van der Waals surface area contributed by atoms with Gasteiger partial charge in [-0.3, -0.25) is 23.7 Å². The first-order chi connectivity index (χ1) is 25.4. The van der Waals surface area contributed by atoms with E-state index >= 15 is 0 Å². The van der Waals surface area contributed by atoms with E-state index in [1.165, 1.54) is 12.1 Å². The van der Waals surface area contributed by atoms with Crippen molar-refractivity contribution in [3.8, 4) is 28.9 Å². The van der Waals surface area contributed by atoms with Gasteiger partial charge in [-0.15, -0.1) is 0 Å². The number of aromatic amines is 1. The Labute approximate surface area is 298 Å². The van der Waals surface area contributed by atoms with Crippen LogP contribution in [0.25, 0.3) is 39.6 Å². The highest BCUT2D eigenvalue weighted by atomic mass is 31.3. The topological polar surface area (TPSA) is 387 Å². The molecule has 2 aliphatic heterocycles. The van der Waals surface area contributed by atoms with E-state index in [0.717, 1.165) is 21.8 Å². The van der Waals surface area contributed by atoms with Gasteiger partial charge in [0.15, 0.2) is 34.3 Å². The van der Waals surface area contributed by atoms with E-state index in [1.807, 2.05) is 4.98 Å². The quantitative estimate of drug-likeness (QED) is 0.0347. The highest BCUT2D eigenvalue weighted by molar-refractivity contribution is 7.60. The highest BCUT2D eigenvalue weighted by Gasteiger charge is 2.34. The lowest BCUT2D eigenvalue weighted by Crippen LogP contribution is -2.43. The molecule has 0 amide bonds. The molecule has 0 spiro atoms. The van der Waals surface area contributed by atoms with Crippen LogP contribution < -0.4 is 21.9 Å². The number of hydrogen-bond donors (Lipinski definition) is 8. The molecule has 54 heavy (non-hydrogen) atoms. The number of carbonyl (C=O) groups is 1. The summed E-state index contributed by atoms with van der Waals surface area (Å²) >= 11 is 0. The monoisotopic (exact) mass is 794 g/mol. The van der Waals surface area contributed by atoms with Crippen LogP contribution in [0.2, 0.25) is 0 Å². The summed E-state index contributed by atoms with van der Waals surface area (Å²) in [4.78, 5) is 80.0. The van der Waals surface area contributed by atoms with Gasteiger partial charge in [-0.25, -0.2) is 38.2 Å². The lowest BCUT2D eigenvalue weighted by atomic mass is 10.1. The molecule has 0 aliphatic carbocycles. The van der Waals surface area contributed by atoms with Gasteiger partial charge in [-0.2, -0.15) is 4.98 Å². The number of imidazole rings is 1. The summed E-state index contributed by atoms with van der Waals surface area (Å²) in [6, 6.07) is 2.76. The predicted octanol–water partition coefficient (Wildman–Crippen LogP) is -1.68. The van der Waals surface area contributed by atoms with Crippen molar-refractivity contribution >= 4 is 49.9 Å². The van der Waals surface area contributed by atoms with Crippen molar-refractivity contribution in [2.75, 3.05) is 12.3 Å². The van der Waals surface area contributed by atoms with Gasteiger partial charge in [0.25, 0.3) is 19.3 Å². The first-order valence-electron chi connectivity index (χ1n) is 15.0. The molecule has 5 heterocycles. The Balaban J connectivity index is 1.11. The van der Waals surface area contributed by atoms with E-state index in [0.29, 0.717) is 11.8 Å². The molecule has 9 N–H and O–H groups in total. The number of benzene rings is 1. The number of aryl methyl sites for hydroxylation is 1. The maximum Gasteiger partial charge on any atom is 0.479 e. The molecule has 2 aliphatic rings. The molecule has 27 heteroatoms. The second-order valence-corrected chi connectivity index (χ2v) is 14.3. The van der Waals surface area contributed by atoms with Crippen LogP contribution in [0.1, 0.15) is 21.7 Å². The summed E-state index contributed by atoms with van der Waals surface area (Å²) in [6.45, 7) is -1.65. The van der Waals surface area contributed by atoms with Crippen molar-refractivity contribution < 1.29 is 67.0 Å². The molecule has 0 bridgehead atoms. The van der Waals surface area contributed by atoms with Gasteiger partial charge in [0.05, 0.1) is 24.2 Å². The van der Waals surface area contributed by atoms with Crippen LogP contribution in [0, 0.1) is 6.92 Å². The Morgan fingerprint density at radius 3 is 2.54 bits per heavy atom. The molecule has 0 radical (unpaired) electrons. The van der Waals surface area contributed by atoms with Gasteiger partial charge in [0.1, 0.15) is 43.9 Å². The molecule has 5 atom stereocenters. The van der Waals surface area contributed by atoms with Crippen LogP contribution in [0.15, 0.2) is 38.8 Å². The number of nitrogens with zero attached hydrogens (tertiary/aromatic N) is 7. The molecule has 5 unspecified atom stereocenters. The summed E-state index contributed by atoms with van der Waals surface area (Å²) in [5, 5.41) is 52.5. The third-order valence-electron chi connectivity index (χ3n) is 7.74. The summed E-state index contributed by atoms with van der Waals surface area (Å²) in [5.41, 5.74) is 4.31. The molecule has 286 valence electrons. The summed E-state index contributed by atoms with van der Waals surface area (Å²) in [5.74, 6) is -3.43. The number of nitrogens with two attached hydrogens (primary N) is 1. The van der Waals surface area contributed by atoms with Gasteiger partial charge in [-0.1, -0.05) is 0 Å². The Morgan fingerprint density at radius 2 is 1.81 bits per heavy atom. The number of nitrogen functional groups attached to an aromatic ring is 1. The van der Waals surface area contributed by atoms with E-state index in [2.05, 4.69) is 38.3 Å². The standard InChI is InChI=1S/C27H27N9O16P2/c1-10-2-12-13(3-11(10)5-37)35(24-18(32-12)25(43)34-27(44)33-24)4-14(38)19(40)15(39)6-49-53(45,46)52-54(47,48)50-7-16-20(41)21(42)26(51-16)36-9-31-17-22(28)29-8-30-23(17)36/h2-3,5,8-9,14-15,19,38-42H,4,6-7H2,1H3,(H,45,46)(H,47,48)(H2,28,29,30)(H,34,43,44)/p-1. The van der Waals surface area contributed by atoms with Crippen LogP contribution in [0.3, 0.4) is 0 Å². The number of aliphatic hydroxyl groups is 3. The van der Waals surface area contributed by atoms with E-state index < -0.39 is 88.1 Å². The number of H-pyrrole nitrogens is 1. The minimum atomic E-state index is -5.85. The molecular formula is C27H26N9O16P2-. The number of carbonyl (C=O) groups excluding carboxylic acids is 1. The summed E-state index contributed by atoms with van der Waals surface area (Å²) in [6.07, 6.45) is -3.77. The normalized spacial score (nSPS) is 16.0. The molecule has 0 saturated carbocycles. The number of aromatic hydroxyl groups is 2. The molecule has 25 nitrogen and oxygen atoms in total. The molecule has 6 rings (SSSR count). The summed E-state index contributed by atoms with van der Waals surface area (Å²) in [7, 11) is -11.5. The van der Waals surface area contributed by atoms with E-state index in [-0.39, 0.29) is 45.1 Å². The molecule has 0 saturated heterocycles. The zero-order chi connectivity index (χ0) is 39.3.